The average Bonchev–Trinajstić information content (AvgIpc) is 2.47. The summed E-state index contributed by atoms with van der Waals surface area (Å²) in [5, 5.41) is 13.0. The smallest absolute Gasteiger partial charge is 0.376 e. The summed E-state index contributed by atoms with van der Waals surface area (Å²) in [5.41, 5.74) is 0. The molecule has 5 nitrogen and oxygen atoms in total. The lowest BCUT2D eigenvalue weighted by atomic mass is 9.80. The van der Waals surface area contributed by atoms with Gasteiger partial charge in [0.05, 0.1) is 0 Å². The third-order valence-corrected chi connectivity index (χ3v) is 5.05. The number of piperazine rings is 1. The van der Waals surface area contributed by atoms with Crippen molar-refractivity contribution in [2.45, 2.75) is 52.4 Å². The van der Waals surface area contributed by atoms with Crippen LogP contribution in [0.3, 0.4) is 0 Å². The van der Waals surface area contributed by atoms with Gasteiger partial charge in [-0.15, -0.1) is 0 Å². The lowest BCUT2D eigenvalue weighted by Crippen LogP contribution is -2.54. The van der Waals surface area contributed by atoms with E-state index in [1.165, 1.54) is 0 Å². The van der Waals surface area contributed by atoms with Gasteiger partial charge < -0.3 is 20.1 Å². The van der Waals surface area contributed by atoms with E-state index in [0.717, 1.165) is 52.0 Å². The number of carbonyl (C=O) groups is 1. The quantitative estimate of drug-likeness (QED) is 0.745. The first-order valence-electron chi connectivity index (χ1n) is 8.89. The molecule has 0 saturated carbocycles. The van der Waals surface area contributed by atoms with E-state index < -0.39 is 0 Å². The zero-order valence-electron chi connectivity index (χ0n) is 14.4. The van der Waals surface area contributed by atoms with Gasteiger partial charge in [0.25, 0.3) is 0 Å². The fourth-order valence-corrected chi connectivity index (χ4v) is 3.74. The summed E-state index contributed by atoms with van der Waals surface area (Å²) in [7, 11) is -0.361. The Bertz CT molecular complexity index is 357. The second-order valence-electron chi connectivity index (χ2n) is 7.39. The Kier molecular flexibility index (Phi) is 6.72. The van der Waals surface area contributed by atoms with Crippen molar-refractivity contribution in [3.8, 4) is 0 Å². The standard InChI is InChI=1S/C16H32BN3O2/c1-13(2)10-15-12-18-6-9-20(15)16(21)11-14-4-7-19(8-5-14)17(3)22/h13-15,18,22H,4-12H2,1-3H3/t15-/m0/s1. The fraction of sp³-hybridized carbons (Fsp3) is 0.938. The van der Waals surface area contributed by atoms with Crippen LogP contribution in [0.5, 0.6) is 0 Å². The largest absolute Gasteiger partial charge is 0.437 e. The maximum atomic E-state index is 12.7. The minimum absolute atomic E-state index is 0.336. The zero-order chi connectivity index (χ0) is 16.1. The Morgan fingerprint density at radius 1 is 1.32 bits per heavy atom. The van der Waals surface area contributed by atoms with Gasteiger partial charge in [0.15, 0.2) is 0 Å². The number of hydrogen-bond donors (Lipinski definition) is 2. The lowest BCUT2D eigenvalue weighted by Gasteiger charge is -2.39. The monoisotopic (exact) mass is 309 g/mol. The van der Waals surface area contributed by atoms with Gasteiger partial charge in [-0.05, 0) is 51.0 Å². The Labute approximate surface area is 135 Å². The summed E-state index contributed by atoms with van der Waals surface area (Å²) < 4.78 is 0. The van der Waals surface area contributed by atoms with Crippen molar-refractivity contribution in [1.29, 1.82) is 0 Å². The minimum atomic E-state index is -0.361. The molecule has 0 unspecified atom stereocenters. The fourth-order valence-electron chi connectivity index (χ4n) is 3.74. The van der Waals surface area contributed by atoms with E-state index in [0.29, 0.717) is 30.2 Å². The molecule has 6 heteroatoms. The van der Waals surface area contributed by atoms with Gasteiger partial charge in [0.1, 0.15) is 0 Å². The maximum absolute atomic E-state index is 12.7. The molecule has 0 aromatic heterocycles. The molecule has 2 saturated heterocycles. The summed E-state index contributed by atoms with van der Waals surface area (Å²) >= 11 is 0. The predicted molar refractivity (Wildman–Crippen MR) is 90.6 cm³/mol. The van der Waals surface area contributed by atoms with Gasteiger partial charge in [0.2, 0.25) is 5.91 Å². The molecule has 2 N–H and O–H groups in total. The molecule has 1 atom stereocenters. The maximum Gasteiger partial charge on any atom is 0.376 e. The molecule has 1 amide bonds. The molecule has 0 aliphatic carbocycles. The first kappa shape index (κ1) is 17.8. The van der Waals surface area contributed by atoms with Crippen LogP contribution >= 0.6 is 0 Å². The van der Waals surface area contributed by atoms with E-state index in [-0.39, 0.29) is 7.05 Å². The molecule has 0 aromatic carbocycles. The summed E-state index contributed by atoms with van der Waals surface area (Å²) in [6.07, 6.45) is 3.82. The molecule has 2 rings (SSSR count). The number of piperidine rings is 1. The number of rotatable bonds is 5. The van der Waals surface area contributed by atoms with Crippen LogP contribution in [0.1, 0.15) is 39.5 Å². The number of nitrogens with zero attached hydrogens (tertiary/aromatic N) is 2. The van der Waals surface area contributed by atoms with E-state index in [2.05, 4.69) is 28.9 Å². The van der Waals surface area contributed by atoms with E-state index in [1.54, 1.807) is 0 Å². The van der Waals surface area contributed by atoms with Crippen LogP contribution in [0.15, 0.2) is 0 Å². The number of carbonyl (C=O) groups excluding carboxylic acids is 1. The molecule has 0 spiro atoms. The Hall–Kier alpha value is -0.585. The van der Waals surface area contributed by atoms with Crippen LogP contribution in [0.25, 0.3) is 0 Å². The number of hydrogen-bond acceptors (Lipinski definition) is 4. The molecule has 0 bridgehead atoms. The molecule has 126 valence electrons. The minimum Gasteiger partial charge on any atom is -0.437 e. The molecule has 22 heavy (non-hydrogen) atoms. The molecular formula is C16H32BN3O2. The highest BCUT2D eigenvalue weighted by Crippen LogP contribution is 2.23. The Morgan fingerprint density at radius 2 is 2.00 bits per heavy atom. The predicted octanol–water partition coefficient (Wildman–Crippen LogP) is 1.05. The molecule has 0 radical (unpaired) electrons. The number of amides is 1. The SMILES string of the molecule is CB(O)N1CCC(CC(=O)N2CCNC[C@@H]2CC(C)C)CC1. The van der Waals surface area contributed by atoms with Crippen LogP contribution in [0.4, 0.5) is 0 Å². The van der Waals surface area contributed by atoms with Crippen molar-refractivity contribution in [3.05, 3.63) is 0 Å². The van der Waals surface area contributed by atoms with Crippen molar-refractivity contribution in [1.82, 2.24) is 15.0 Å². The van der Waals surface area contributed by atoms with E-state index in [1.807, 2.05) is 6.82 Å². The average molecular weight is 309 g/mol. The summed E-state index contributed by atoms with van der Waals surface area (Å²) in [6.45, 7) is 10.8. The molecule has 0 aromatic rings. The van der Waals surface area contributed by atoms with Crippen LogP contribution in [-0.2, 0) is 4.79 Å². The molecule has 2 fully saturated rings. The van der Waals surface area contributed by atoms with Crippen LogP contribution < -0.4 is 5.32 Å². The first-order chi connectivity index (χ1) is 10.5. The van der Waals surface area contributed by atoms with Crippen molar-refractivity contribution in [2.24, 2.45) is 11.8 Å². The van der Waals surface area contributed by atoms with E-state index in [9.17, 15) is 9.82 Å². The molecular weight excluding hydrogens is 277 g/mol. The van der Waals surface area contributed by atoms with Gasteiger partial charge in [-0.2, -0.15) is 0 Å². The van der Waals surface area contributed by atoms with Crippen LogP contribution in [0.2, 0.25) is 6.82 Å². The Morgan fingerprint density at radius 3 is 2.59 bits per heavy atom. The highest BCUT2D eigenvalue weighted by molar-refractivity contribution is 6.45. The third kappa shape index (κ3) is 4.96. The summed E-state index contributed by atoms with van der Waals surface area (Å²) in [4.78, 5) is 16.9. The highest BCUT2D eigenvalue weighted by Gasteiger charge is 2.30. The molecule has 2 aliphatic rings. The second-order valence-corrected chi connectivity index (χ2v) is 7.39. The summed E-state index contributed by atoms with van der Waals surface area (Å²) in [5.74, 6) is 1.44. The Balaban J connectivity index is 1.83. The van der Waals surface area contributed by atoms with Crippen molar-refractivity contribution in [2.75, 3.05) is 32.7 Å². The van der Waals surface area contributed by atoms with Gasteiger partial charge in [-0.25, -0.2) is 0 Å². The van der Waals surface area contributed by atoms with E-state index in [4.69, 9.17) is 0 Å². The normalized spacial score (nSPS) is 24.8. The first-order valence-corrected chi connectivity index (χ1v) is 8.89. The summed E-state index contributed by atoms with van der Waals surface area (Å²) in [6, 6.07) is 0.360. The lowest BCUT2D eigenvalue weighted by molar-refractivity contribution is -0.136. The number of nitrogens with one attached hydrogen (secondary N) is 1. The second kappa shape index (κ2) is 8.32. The van der Waals surface area contributed by atoms with Crippen molar-refractivity contribution >= 4 is 13.0 Å². The molecule has 2 heterocycles. The van der Waals surface area contributed by atoms with Gasteiger partial charge >= 0.3 is 7.05 Å². The van der Waals surface area contributed by atoms with E-state index >= 15 is 0 Å². The third-order valence-electron chi connectivity index (χ3n) is 5.05. The van der Waals surface area contributed by atoms with Gasteiger partial charge in [0, 0.05) is 32.1 Å². The molecule has 2 aliphatic heterocycles. The van der Waals surface area contributed by atoms with Crippen molar-refractivity contribution < 1.29 is 9.82 Å². The highest BCUT2D eigenvalue weighted by atomic mass is 16.2. The zero-order valence-corrected chi connectivity index (χ0v) is 14.4. The van der Waals surface area contributed by atoms with Crippen molar-refractivity contribution in [3.63, 3.8) is 0 Å². The van der Waals surface area contributed by atoms with Gasteiger partial charge in [-0.1, -0.05) is 13.8 Å². The van der Waals surface area contributed by atoms with Crippen LogP contribution in [0, 0.1) is 11.8 Å². The topological polar surface area (TPSA) is 55.8 Å². The van der Waals surface area contributed by atoms with Gasteiger partial charge in [-0.3, -0.25) is 4.79 Å². The van der Waals surface area contributed by atoms with Crippen LogP contribution in [-0.4, -0.2) is 66.5 Å².